The third-order valence-electron chi connectivity index (χ3n) is 15.5. The molecule has 0 spiro atoms. The number of carboxylic acid groups (broad SMARTS) is 2. The maximum absolute atomic E-state index is 14.5. The number of anilines is 1. The normalized spacial score (nSPS) is 18.3. The highest BCUT2D eigenvalue weighted by molar-refractivity contribution is 7.15. The molecule has 8 N–H and O–H groups in total. The molecule has 1 aliphatic heterocycles. The number of aliphatic hydroxyl groups is 1. The van der Waals surface area contributed by atoms with Gasteiger partial charge in [0.05, 0.1) is 48.1 Å². The van der Waals surface area contributed by atoms with Crippen molar-refractivity contribution in [3.05, 3.63) is 111 Å². The summed E-state index contributed by atoms with van der Waals surface area (Å²) in [6, 6.07) is 9.35. The van der Waals surface area contributed by atoms with Crippen LogP contribution in [-0.2, 0) is 35.3 Å². The van der Waals surface area contributed by atoms with Gasteiger partial charge in [0.2, 0.25) is 11.8 Å². The highest BCUT2D eigenvalue weighted by Gasteiger charge is 2.35. The lowest BCUT2D eigenvalue weighted by Crippen LogP contribution is -2.40. The van der Waals surface area contributed by atoms with Crippen LogP contribution in [0.4, 0.5) is 10.6 Å². The van der Waals surface area contributed by atoms with E-state index in [0.717, 1.165) is 34.0 Å². The van der Waals surface area contributed by atoms with Gasteiger partial charge in [-0.2, -0.15) is 0 Å². The molecule has 94 heavy (non-hydrogen) atoms. The van der Waals surface area contributed by atoms with E-state index in [-0.39, 0.29) is 59.8 Å². The van der Waals surface area contributed by atoms with Crippen LogP contribution in [0, 0.1) is 18.8 Å². The maximum Gasteiger partial charge on any atom is 0.415 e. The summed E-state index contributed by atoms with van der Waals surface area (Å²) in [5.74, 6) is -5.25. The van der Waals surface area contributed by atoms with Gasteiger partial charge in [-0.15, -0.1) is 68.0 Å². The lowest BCUT2D eigenvalue weighted by Gasteiger charge is -2.28. The number of pyridine rings is 1. The molecular weight excluding hydrogens is 1330 g/mol. The molecule has 1 aromatic carbocycles. The number of hydrogen-bond donors (Lipinski definition) is 8. The Kier molecular flexibility index (Phi) is 22.8. The summed E-state index contributed by atoms with van der Waals surface area (Å²) in [7, 11) is 2.93. The molecule has 10 rings (SSSR count). The molecule has 1 fully saturated rings. The van der Waals surface area contributed by atoms with Crippen molar-refractivity contribution in [2.45, 2.75) is 122 Å². The summed E-state index contributed by atoms with van der Waals surface area (Å²) in [6.07, 6.45) is 1.07. The zero-order valence-corrected chi connectivity index (χ0v) is 56.4. The molecule has 7 aromatic heterocycles. The SMILES string of the molecule is CNC(=O)C[C@@H]1NC(=O)c2csc(n2)-c2ccc(-c3nc(N(CCCCCCC(=O)O)C(=O)OC4CCC(C(=O)O)CC4)cs3)nc2-c2csc(n2)-c2csc(n2)[C@H]([C@@H](O)c2ccccc2)NC(=O)CNC(=O)c2nc(sc2COC)[C@H](C(C)C)NC(=O)c2nc1sc2C. The van der Waals surface area contributed by atoms with Crippen LogP contribution < -0.4 is 31.5 Å². The van der Waals surface area contributed by atoms with Crippen LogP contribution in [0.5, 0.6) is 0 Å². The monoisotopic (exact) mass is 1390 g/mol. The van der Waals surface area contributed by atoms with Crippen LogP contribution in [0.2, 0.25) is 0 Å². The number of thiazole rings is 6. The number of aliphatic hydroxyl groups excluding tert-OH is 1. The quantitative estimate of drug-likeness (QED) is 0.0370. The molecule has 0 unspecified atom stereocenters. The first-order chi connectivity index (χ1) is 45.2. The Balaban J connectivity index is 1.03. The number of aryl methyl sites for hydroxylation is 1. The molecule has 0 radical (unpaired) electrons. The van der Waals surface area contributed by atoms with Gasteiger partial charge in [-0.05, 0) is 69.1 Å². The molecule has 32 heteroatoms. The van der Waals surface area contributed by atoms with E-state index in [2.05, 4.69) is 26.6 Å². The molecular formula is C62H67N13O13S6. The molecule has 6 amide bonds. The fourth-order valence-corrected chi connectivity index (χ4v) is 16.1. The van der Waals surface area contributed by atoms with Gasteiger partial charge in [-0.25, -0.2) is 39.7 Å². The van der Waals surface area contributed by atoms with E-state index in [4.69, 9.17) is 44.4 Å². The molecule has 1 aliphatic carbocycles. The minimum Gasteiger partial charge on any atom is -0.481 e. The average Bonchev–Trinajstić information content (AvgIpc) is 1.62. The van der Waals surface area contributed by atoms with Crippen LogP contribution in [0.25, 0.3) is 43.4 Å². The molecule has 8 aromatic rings. The zero-order valence-electron chi connectivity index (χ0n) is 51.5. The number of nitrogens with zero attached hydrogens (tertiary/aromatic N) is 8. The van der Waals surface area contributed by atoms with Crippen molar-refractivity contribution in [1.29, 1.82) is 0 Å². The second-order valence-corrected chi connectivity index (χ2v) is 28.4. The number of fused-ring (bicyclic) bond motifs is 14. The molecule has 2 aliphatic rings. The maximum atomic E-state index is 14.5. The van der Waals surface area contributed by atoms with Gasteiger partial charge < -0.3 is 51.4 Å². The molecule has 4 atom stereocenters. The Morgan fingerprint density at radius 3 is 2.12 bits per heavy atom. The van der Waals surface area contributed by atoms with Crippen molar-refractivity contribution in [3.63, 3.8) is 0 Å². The van der Waals surface area contributed by atoms with Crippen molar-refractivity contribution < 1.29 is 63.1 Å². The molecule has 10 bridgehead atoms. The molecule has 494 valence electrons. The third kappa shape index (κ3) is 16.6. The number of rotatable bonds is 18. The van der Waals surface area contributed by atoms with Gasteiger partial charge >= 0.3 is 18.0 Å². The van der Waals surface area contributed by atoms with E-state index < -0.39 is 90.4 Å². The first-order valence-corrected chi connectivity index (χ1v) is 35.3. The second kappa shape index (κ2) is 31.2. The predicted octanol–water partition coefficient (Wildman–Crippen LogP) is 9.93. The number of methoxy groups -OCH3 is 1. The lowest BCUT2D eigenvalue weighted by atomic mass is 9.87. The Labute approximate surface area is 563 Å². The minimum atomic E-state index is -1.31. The van der Waals surface area contributed by atoms with Crippen LogP contribution in [0.15, 0.2) is 64.0 Å². The van der Waals surface area contributed by atoms with Crippen molar-refractivity contribution in [3.8, 4) is 43.4 Å². The van der Waals surface area contributed by atoms with Gasteiger partial charge in [0.25, 0.3) is 17.7 Å². The summed E-state index contributed by atoms with van der Waals surface area (Å²) >= 11 is 7.08. The smallest absolute Gasteiger partial charge is 0.415 e. The van der Waals surface area contributed by atoms with Gasteiger partial charge in [-0.3, -0.25) is 38.5 Å². The number of nitrogens with one attached hydrogen (secondary N) is 5. The number of carbonyl (C=O) groups excluding carboxylic acids is 6. The number of unbranched alkanes of at least 4 members (excludes halogenated alkanes) is 3. The van der Waals surface area contributed by atoms with Gasteiger partial charge in [-0.1, -0.05) is 57.0 Å². The number of aromatic nitrogens is 7. The van der Waals surface area contributed by atoms with Crippen LogP contribution in [0.1, 0.15) is 164 Å². The highest BCUT2D eigenvalue weighted by atomic mass is 32.1. The molecule has 8 heterocycles. The number of carboxylic acids is 2. The molecule has 0 saturated heterocycles. The zero-order chi connectivity index (χ0) is 66.7. The number of amides is 6. The van der Waals surface area contributed by atoms with Crippen molar-refractivity contribution >= 4 is 121 Å². The standard InChI is InChI=1S/C62H67N13O13S6/c1-30(2)46-60-74-49(41(94-60)25-87-5)53(82)64-24-44(77)71-50(51(80)32-13-9-8-10-14-32)59-69-40(28-91-59)57-67-38(26-90-57)48-35(55-68-39(27-89-55)52(81)66-37(23-43(76)63-4)58-73-47(31(3)93-58)54(83)72-46)20-21-36(65-48)56-70-42(29-92-56)75(22-12-7-6-11-15-45(78)79)62(86)88-34-18-16-33(17-19-34)61(84)85/h8-10,13-14,20-21,26-30,33-34,37,46,50-51,80H,6-7,11-12,15-19,22-25H2,1-5H3,(H,63,76)(H,64,82)(H,66,81)(H,71,77)(H,72,83)(H,78,79)(H,84,85)/t33?,34?,37-,46-,50-,51-/m0/s1. The Morgan fingerprint density at radius 2 is 1.38 bits per heavy atom. The minimum absolute atomic E-state index is 0.00193. The summed E-state index contributed by atoms with van der Waals surface area (Å²) in [5, 5.41) is 53.9. The van der Waals surface area contributed by atoms with Gasteiger partial charge in [0.15, 0.2) is 0 Å². The van der Waals surface area contributed by atoms with Gasteiger partial charge in [0, 0.05) is 59.1 Å². The van der Waals surface area contributed by atoms with E-state index in [0.29, 0.717) is 120 Å². The Hall–Kier alpha value is -8.37. The summed E-state index contributed by atoms with van der Waals surface area (Å²) in [4.78, 5) is 144. The van der Waals surface area contributed by atoms with E-state index in [1.165, 1.54) is 53.1 Å². The number of benzene rings is 1. The van der Waals surface area contributed by atoms with Crippen molar-refractivity contribution in [2.24, 2.45) is 11.8 Å². The fraction of sp³-hybridized carbons (Fsp3) is 0.403. The lowest BCUT2D eigenvalue weighted by molar-refractivity contribution is -0.143. The summed E-state index contributed by atoms with van der Waals surface area (Å²) in [6.45, 7) is 5.10. The number of ether oxygens (including phenoxy) is 2. The second-order valence-electron chi connectivity index (χ2n) is 22.6. The number of aliphatic carboxylic acids is 2. The Bertz CT molecular complexity index is 4060. The average molecular weight is 1390 g/mol. The topological polar surface area (TPSA) is 369 Å². The predicted molar refractivity (Wildman–Crippen MR) is 355 cm³/mol. The number of carbonyl (C=O) groups is 8. The summed E-state index contributed by atoms with van der Waals surface area (Å²) in [5.41, 5.74) is 2.45. The van der Waals surface area contributed by atoms with E-state index in [1.54, 1.807) is 70.9 Å². The van der Waals surface area contributed by atoms with Crippen molar-refractivity contribution in [2.75, 3.05) is 32.1 Å². The van der Waals surface area contributed by atoms with E-state index >= 15 is 0 Å². The largest absolute Gasteiger partial charge is 0.481 e. The first kappa shape index (κ1) is 68.5. The molecule has 1 saturated carbocycles. The van der Waals surface area contributed by atoms with E-state index in [1.807, 2.05) is 13.8 Å². The van der Waals surface area contributed by atoms with Gasteiger partial charge in [0.1, 0.15) is 88.3 Å². The highest BCUT2D eigenvalue weighted by Crippen LogP contribution is 2.41. The summed E-state index contributed by atoms with van der Waals surface area (Å²) < 4.78 is 11.5. The Morgan fingerprint density at radius 1 is 0.681 bits per heavy atom. The fourth-order valence-electron chi connectivity index (χ4n) is 10.5. The van der Waals surface area contributed by atoms with Crippen LogP contribution >= 0.6 is 68.0 Å². The van der Waals surface area contributed by atoms with Crippen molar-refractivity contribution in [1.82, 2.24) is 61.5 Å². The third-order valence-corrected chi connectivity index (χ3v) is 21.3. The molecule has 26 nitrogen and oxygen atoms in total. The first-order valence-electron chi connectivity index (χ1n) is 30.1. The number of hydrogen-bond acceptors (Lipinski definition) is 24. The van der Waals surface area contributed by atoms with Crippen LogP contribution in [-0.4, -0.2) is 131 Å². The van der Waals surface area contributed by atoms with Crippen LogP contribution in [0.3, 0.4) is 0 Å². The van der Waals surface area contributed by atoms with E-state index in [9.17, 15) is 53.7 Å².